The first-order valence-corrected chi connectivity index (χ1v) is 9.56. The molecule has 0 aromatic heterocycles. The third kappa shape index (κ3) is 3.73. The standard InChI is InChI=1S/C17H19N3O3S/c1-12(15-8-4-6-13-5-2-3-7-16(13)15)19-20-17(21)18-14-9-10-24(22,23)11-14/h2-8,14H,9-11H2,1H3,(H2,18,20,21). The monoisotopic (exact) mass is 345 g/mol. The molecule has 0 bridgehead atoms. The maximum Gasteiger partial charge on any atom is 0.335 e. The minimum absolute atomic E-state index is 0.00750. The van der Waals surface area contributed by atoms with Gasteiger partial charge in [-0.05, 0) is 24.1 Å². The summed E-state index contributed by atoms with van der Waals surface area (Å²) in [6.07, 6.45) is 0.446. The molecule has 0 radical (unpaired) electrons. The summed E-state index contributed by atoms with van der Waals surface area (Å²) >= 11 is 0. The first-order valence-electron chi connectivity index (χ1n) is 7.74. The smallest absolute Gasteiger partial charge is 0.333 e. The number of hydrogen-bond acceptors (Lipinski definition) is 4. The van der Waals surface area contributed by atoms with Crippen LogP contribution in [0, 0.1) is 0 Å². The average Bonchev–Trinajstić information content (AvgIpc) is 2.90. The molecular formula is C17H19N3O3S. The van der Waals surface area contributed by atoms with Gasteiger partial charge in [0.25, 0.3) is 0 Å². The number of carbonyl (C=O) groups is 1. The molecule has 126 valence electrons. The van der Waals surface area contributed by atoms with Crippen molar-refractivity contribution in [2.75, 3.05) is 11.5 Å². The largest absolute Gasteiger partial charge is 0.335 e. The van der Waals surface area contributed by atoms with E-state index in [2.05, 4.69) is 15.8 Å². The molecule has 7 heteroatoms. The number of nitrogens with zero attached hydrogens (tertiary/aromatic N) is 1. The summed E-state index contributed by atoms with van der Waals surface area (Å²) in [4.78, 5) is 11.9. The van der Waals surface area contributed by atoms with Crippen LogP contribution in [0.4, 0.5) is 4.79 Å². The van der Waals surface area contributed by atoms with Crippen LogP contribution in [0.5, 0.6) is 0 Å². The summed E-state index contributed by atoms with van der Waals surface area (Å²) < 4.78 is 22.8. The Bertz CT molecular complexity index is 901. The Morgan fingerprint density at radius 2 is 1.92 bits per heavy atom. The fourth-order valence-corrected chi connectivity index (χ4v) is 4.54. The molecule has 0 saturated carbocycles. The van der Waals surface area contributed by atoms with E-state index in [1.807, 2.05) is 49.4 Å². The molecule has 1 saturated heterocycles. The molecular weight excluding hydrogens is 326 g/mol. The van der Waals surface area contributed by atoms with Crippen LogP contribution >= 0.6 is 0 Å². The Kier molecular flexibility index (Phi) is 4.53. The van der Waals surface area contributed by atoms with Crippen molar-refractivity contribution in [1.82, 2.24) is 10.7 Å². The maximum atomic E-state index is 11.9. The maximum absolute atomic E-state index is 11.9. The molecule has 1 aliphatic rings. The van der Waals surface area contributed by atoms with E-state index in [1.54, 1.807) is 0 Å². The number of rotatable bonds is 3. The van der Waals surface area contributed by atoms with Crippen LogP contribution in [-0.4, -0.2) is 37.7 Å². The number of urea groups is 1. The number of carbonyl (C=O) groups excluding carboxylic acids is 1. The molecule has 2 N–H and O–H groups in total. The zero-order valence-electron chi connectivity index (χ0n) is 13.3. The van der Waals surface area contributed by atoms with Crippen molar-refractivity contribution in [3.8, 4) is 0 Å². The predicted molar refractivity (Wildman–Crippen MR) is 94.9 cm³/mol. The van der Waals surface area contributed by atoms with Crippen molar-refractivity contribution < 1.29 is 13.2 Å². The molecule has 3 rings (SSSR count). The second-order valence-electron chi connectivity index (χ2n) is 5.91. The Balaban J connectivity index is 1.68. The van der Waals surface area contributed by atoms with Crippen LogP contribution in [0.2, 0.25) is 0 Å². The van der Waals surface area contributed by atoms with E-state index in [-0.39, 0.29) is 17.5 Å². The summed E-state index contributed by atoms with van der Waals surface area (Å²) in [6.45, 7) is 1.82. The van der Waals surface area contributed by atoms with Crippen LogP contribution in [0.25, 0.3) is 10.8 Å². The van der Waals surface area contributed by atoms with E-state index in [0.717, 1.165) is 16.3 Å². The molecule has 1 aliphatic heterocycles. The highest BCUT2D eigenvalue weighted by molar-refractivity contribution is 7.91. The van der Waals surface area contributed by atoms with Crippen molar-refractivity contribution in [3.63, 3.8) is 0 Å². The van der Waals surface area contributed by atoms with Crippen LogP contribution < -0.4 is 10.7 Å². The highest BCUT2D eigenvalue weighted by Gasteiger charge is 2.28. The van der Waals surface area contributed by atoms with Gasteiger partial charge in [0.1, 0.15) is 0 Å². The average molecular weight is 345 g/mol. The summed E-state index contributed by atoms with van der Waals surface area (Å²) in [5, 5.41) is 8.93. The normalized spacial score (nSPS) is 20.0. The third-order valence-electron chi connectivity index (χ3n) is 4.07. The van der Waals surface area contributed by atoms with E-state index in [0.29, 0.717) is 12.1 Å². The molecule has 1 heterocycles. The molecule has 24 heavy (non-hydrogen) atoms. The first-order chi connectivity index (χ1) is 11.4. The molecule has 0 aliphatic carbocycles. The number of nitrogens with one attached hydrogen (secondary N) is 2. The van der Waals surface area contributed by atoms with E-state index < -0.39 is 15.9 Å². The summed E-state index contributed by atoms with van der Waals surface area (Å²) in [5.74, 6) is 0.114. The van der Waals surface area contributed by atoms with Crippen molar-refractivity contribution in [3.05, 3.63) is 48.0 Å². The van der Waals surface area contributed by atoms with Crippen LogP contribution in [0.1, 0.15) is 18.9 Å². The van der Waals surface area contributed by atoms with Gasteiger partial charge in [-0.1, -0.05) is 42.5 Å². The molecule has 1 unspecified atom stereocenters. The number of hydrazone groups is 1. The molecule has 0 spiro atoms. The lowest BCUT2D eigenvalue weighted by atomic mass is 10.0. The van der Waals surface area contributed by atoms with E-state index >= 15 is 0 Å². The van der Waals surface area contributed by atoms with Crippen molar-refractivity contribution in [2.45, 2.75) is 19.4 Å². The molecule has 6 nitrogen and oxygen atoms in total. The molecule has 2 amide bonds. The van der Waals surface area contributed by atoms with Crippen LogP contribution in [0.15, 0.2) is 47.6 Å². The lowest BCUT2D eigenvalue weighted by Gasteiger charge is -2.11. The van der Waals surface area contributed by atoms with Crippen LogP contribution in [-0.2, 0) is 9.84 Å². The lowest BCUT2D eigenvalue weighted by molar-refractivity contribution is 0.238. The number of fused-ring (bicyclic) bond motifs is 1. The Labute approximate surface area is 140 Å². The second-order valence-corrected chi connectivity index (χ2v) is 8.14. The Hall–Kier alpha value is -2.41. The van der Waals surface area contributed by atoms with Gasteiger partial charge in [-0.25, -0.2) is 18.6 Å². The van der Waals surface area contributed by atoms with Crippen molar-refractivity contribution in [2.24, 2.45) is 5.10 Å². The zero-order valence-corrected chi connectivity index (χ0v) is 14.1. The SMILES string of the molecule is CC(=NNC(=O)NC1CCS(=O)(=O)C1)c1cccc2ccccc12. The highest BCUT2D eigenvalue weighted by Crippen LogP contribution is 2.19. The molecule has 1 fully saturated rings. The van der Waals surface area contributed by atoms with E-state index in [9.17, 15) is 13.2 Å². The summed E-state index contributed by atoms with van der Waals surface area (Å²) in [5.41, 5.74) is 4.07. The highest BCUT2D eigenvalue weighted by atomic mass is 32.2. The number of hydrogen-bond donors (Lipinski definition) is 2. The van der Waals surface area contributed by atoms with Gasteiger partial charge in [-0.15, -0.1) is 0 Å². The number of sulfone groups is 1. The van der Waals surface area contributed by atoms with Crippen molar-refractivity contribution >= 4 is 32.4 Å². The molecule has 2 aromatic rings. The minimum Gasteiger partial charge on any atom is -0.333 e. The molecule has 1 atom stereocenters. The first kappa shape index (κ1) is 16.4. The fourth-order valence-electron chi connectivity index (χ4n) is 2.86. The van der Waals surface area contributed by atoms with E-state index in [4.69, 9.17) is 0 Å². The van der Waals surface area contributed by atoms with Gasteiger partial charge < -0.3 is 5.32 Å². The van der Waals surface area contributed by atoms with Gasteiger partial charge in [0.15, 0.2) is 9.84 Å². The zero-order chi connectivity index (χ0) is 17.2. The Morgan fingerprint density at radius 1 is 1.17 bits per heavy atom. The molecule has 2 aromatic carbocycles. The number of amides is 2. The second kappa shape index (κ2) is 6.60. The van der Waals surface area contributed by atoms with Gasteiger partial charge in [0, 0.05) is 11.6 Å². The predicted octanol–water partition coefficient (Wildman–Crippen LogP) is 2.05. The quantitative estimate of drug-likeness (QED) is 0.659. The lowest BCUT2D eigenvalue weighted by Crippen LogP contribution is -2.41. The van der Waals surface area contributed by atoms with Gasteiger partial charge in [-0.3, -0.25) is 0 Å². The van der Waals surface area contributed by atoms with Gasteiger partial charge in [0.05, 0.1) is 17.2 Å². The fraction of sp³-hybridized carbons (Fsp3) is 0.294. The van der Waals surface area contributed by atoms with Crippen LogP contribution in [0.3, 0.4) is 0 Å². The summed E-state index contributed by atoms with van der Waals surface area (Å²) in [7, 11) is -3.02. The topological polar surface area (TPSA) is 87.6 Å². The van der Waals surface area contributed by atoms with Gasteiger partial charge in [-0.2, -0.15) is 5.10 Å². The van der Waals surface area contributed by atoms with Crippen molar-refractivity contribution in [1.29, 1.82) is 0 Å². The third-order valence-corrected chi connectivity index (χ3v) is 5.84. The van der Waals surface area contributed by atoms with Gasteiger partial charge >= 0.3 is 6.03 Å². The Morgan fingerprint density at radius 3 is 2.67 bits per heavy atom. The number of benzene rings is 2. The summed E-state index contributed by atoms with van der Waals surface area (Å²) in [6, 6.07) is 13.0. The van der Waals surface area contributed by atoms with Gasteiger partial charge in [0.2, 0.25) is 0 Å². The van der Waals surface area contributed by atoms with E-state index in [1.165, 1.54) is 0 Å². The minimum atomic E-state index is -3.02.